The van der Waals surface area contributed by atoms with E-state index in [-0.39, 0.29) is 23.9 Å². The van der Waals surface area contributed by atoms with Gasteiger partial charge in [0.2, 0.25) is 0 Å². The molecule has 3 aromatic heterocycles. The molecule has 2 aliphatic rings. The van der Waals surface area contributed by atoms with Crippen LogP contribution in [0, 0.1) is 11.7 Å². The summed E-state index contributed by atoms with van der Waals surface area (Å²) in [5.74, 6) is 0.558. The zero-order chi connectivity index (χ0) is 22.9. The van der Waals surface area contributed by atoms with E-state index in [1.807, 2.05) is 17.0 Å². The average Bonchev–Trinajstić information content (AvgIpc) is 3.39. The average molecular weight is 453 g/mol. The second-order valence-electron chi connectivity index (χ2n) is 9.23. The maximum atomic E-state index is 14.6. The van der Waals surface area contributed by atoms with E-state index in [1.54, 1.807) is 17.9 Å². The molecule has 2 N–H and O–H groups in total. The number of carbonyl (C=O) groups excluding carboxylic acids is 1. The van der Waals surface area contributed by atoms with Crippen LogP contribution in [0.1, 0.15) is 39.0 Å². The molecule has 174 valence electrons. The van der Waals surface area contributed by atoms with Crippen LogP contribution >= 0.6 is 0 Å². The lowest BCUT2D eigenvalue weighted by Crippen LogP contribution is -2.47. The minimum atomic E-state index is -0.505. The lowest BCUT2D eigenvalue weighted by Gasteiger charge is -2.32. The van der Waals surface area contributed by atoms with Crippen LogP contribution in [0.15, 0.2) is 24.5 Å². The first-order chi connectivity index (χ1) is 16.0. The van der Waals surface area contributed by atoms with Gasteiger partial charge in [0.05, 0.1) is 11.6 Å². The molecule has 5 rings (SSSR count). The molecule has 3 atom stereocenters. The molecule has 0 bridgehead atoms. The van der Waals surface area contributed by atoms with Crippen molar-refractivity contribution in [2.75, 3.05) is 18.4 Å². The summed E-state index contributed by atoms with van der Waals surface area (Å²) in [6.45, 7) is 3.80. The Morgan fingerprint density at radius 2 is 2.06 bits per heavy atom. The van der Waals surface area contributed by atoms with Gasteiger partial charge in [-0.15, -0.1) is 0 Å². The summed E-state index contributed by atoms with van der Waals surface area (Å²) < 4.78 is 16.3. The zero-order valence-corrected chi connectivity index (χ0v) is 19.0. The summed E-state index contributed by atoms with van der Waals surface area (Å²) in [7, 11) is 1.81. The summed E-state index contributed by atoms with van der Waals surface area (Å²) in [5.41, 5.74) is 1.28. The van der Waals surface area contributed by atoms with Crippen LogP contribution in [-0.4, -0.2) is 60.8 Å². The molecule has 1 aliphatic carbocycles. The van der Waals surface area contributed by atoms with Crippen molar-refractivity contribution in [3.05, 3.63) is 30.3 Å². The summed E-state index contributed by atoms with van der Waals surface area (Å²) in [6, 6.07) is 3.82. The van der Waals surface area contributed by atoms with Crippen molar-refractivity contribution in [1.82, 2.24) is 34.9 Å². The second-order valence-corrected chi connectivity index (χ2v) is 9.23. The number of hydrogen-bond acceptors (Lipinski definition) is 6. The van der Waals surface area contributed by atoms with Crippen molar-refractivity contribution >= 4 is 22.9 Å². The number of urea groups is 1. The van der Waals surface area contributed by atoms with Crippen molar-refractivity contribution in [2.45, 2.75) is 51.1 Å². The third-order valence-corrected chi connectivity index (χ3v) is 6.61. The van der Waals surface area contributed by atoms with Gasteiger partial charge in [-0.05, 0) is 50.2 Å². The number of aromatic nitrogens is 5. The fraction of sp³-hybridized carbons (Fsp3) is 0.522. The van der Waals surface area contributed by atoms with Crippen molar-refractivity contribution in [3.63, 3.8) is 0 Å². The number of pyridine rings is 1. The van der Waals surface area contributed by atoms with E-state index in [9.17, 15) is 9.18 Å². The van der Waals surface area contributed by atoms with Crippen LogP contribution < -0.4 is 10.6 Å². The first kappa shape index (κ1) is 21.5. The van der Waals surface area contributed by atoms with E-state index in [0.29, 0.717) is 23.1 Å². The van der Waals surface area contributed by atoms with Crippen LogP contribution in [0.25, 0.3) is 22.6 Å². The highest BCUT2D eigenvalue weighted by Gasteiger charge is 2.28. The van der Waals surface area contributed by atoms with Crippen molar-refractivity contribution in [3.8, 4) is 11.5 Å². The van der Waals surface area contributed by atoms with E-state index in [4.69, 9.17) is 0 Å². The molecule has 4 heterocycles. The number of nitrogens with one attached hydrogen (secondary N) is 2. The molecule has 0 aromatic carbocycles. The highest BCUT2D eigenvalue weighted by Crippen LogP contribution is 2.27. The van der Waals surface area contributed by atoms with Gasteiger partial charge in [0.15, 0.2) is 23.1 Å². The van der Waals surface area contributed by atoms with E-state index >= 15 is 0 Å². The Morgan fingerprint density at radius 3 is 2.88 bits per heavy atom. The van der Waals surface area contributed by atoms with Gasteiger partial charge in [-0.1, -0.05) is 6.92 Å². The van der Waals surface area contributed by atoms with Crippen LogP contribution in [0.4, 0.5) is 15.0 Å². The lowest BCUT2D eigenvalue weighted by molar-refractivity contribution is 0.198. The van der Waals surface area contributed by atoms with E-state index in [0.717, 1.165) is 50.6 Å². The first-order valence-corrected chi connectivity index (χ1v) is 11.6. The minimum Gasteiger partial charge on any atom is -0.365 e. The van der Waals surface area contributed by atoms with Crippen molar-refractivity contribution in [2.24, 2.45) is 13.0 Å². The largest absolute Gasteiger partial charge is 0.365 e. The number of carbonyl (C=O) groups is 1. The number of nitrogens with zero attached hydrogens (tertiary/aromatic N) is 6. The molecule has 33 heavy (non-hydrogen) atoms. The number of anilines is 1. The van der Waals surface area contributed by atoms with Crippen LogP contribution in [-0.2, 0) is 7.05 Å². The molecular formula is C23H29FN8O. The number of hydrogen-bond donors (Lipinski definition) is 2. The Morgan fingerprint density at radius 1 is 1.21 bits per heavy atom. The number of rotatable bonds is 4. The molecule has 2 amide bonds. The second kappa shape index (κ2) is 8.92. The summed E-state index contributed by atoms with van der Waals surface area (Å²) in [6.07, 6.45) is 7.44. The highest BCUT2D eigenvalue weighted by molar-refractivity contribution is 5.89. The molecule has 1 saturated heterocycles. The van der Waals surface area contributed by atoms with Gasteiger partial charge in [-0.3, -0.25) is 0 Å². The fourth-order valence-corrected chi connectivity index (χ4v) is 4.87. The van der Waals surface area contributed by atoms with Gasteiger partial charge in [-0.2, -0.15) is 5.10 Å². The molecule has 1 saturated carbocycles. The molecule has 10 heteroatoms. The minimum absolute atomic E-state index is 0.0103. The Labute approximate surface area is 191 Å². The quantitative estimate of drug-likeness (QED) is 0.630. The lowest BCUT2D eigenvalue weighted by atomic mass is 9.91. The number of halogens is 1. The topological polar surface area (TPSA) is 101 Å². The van der Waals surface area contributed by atoms with Crippen molar-refractivity contribution < 1.29 is 9.18 Å². The molecule has 0 unspecified atom stereocenters. The van der Waals surface area contributed by atoms with Gasteiger partial charge in [0.25, 0.3) is 0 Å². The van der Waals surface area contributed by atoms with Crippen LogP contribution in [0.5, 0.6) is 0 Å². The molecule has 1 aliphatic heterocycles. The fourth-order valence-electron chi connectivity index (χ4n) is 4.87. The molecule has 0 spiro atoms. The van der Waals surface area contributed by atoms with E-state index < -0.39 is 5.82 Å². The Balaban J connectivity index is 1.29. The number of amides is 2. The summed E-state index contributed by atoms with van der Waals surface area (Å²) >= 11 is 0. The van der Waals surface area contributed by atoms with Crippen molar-refractivity contribution in [1.29, 1.82) is 0 Å². The summed E-state index contributed by atoms with van der Waals surface area (Å²) in [4.78, 5) is 27.5. The predicted molar refractivity (Wildman–Crippen MR) is 123 cm³/mol. The van der Waals surface area contributed by atoms with E-state index in [1.165, 1.54) is 6.20 Å². The number of fused-ring (bicyclic) bond motifs is 1. The molecule has 2 fully saturated rings. The highest BCUT2D eigenvalue weighted by atomic mass is 19.1. The van der Waals surface area contributed by atoms with Gasteiger partial charge in [0.1, 0.15) is 5.69 Å². The zero-order valence-electron chi connectivity index (χ0n) is 19.0. The Bertz CT molecular complexity index is 1160. The smallest absolute Gasteiger partial charge is 0.317 e. The maximum absolute atomic E-state index is 14.6. The monoisotopic (exact) mass is 452 g/mol. The number of aryl methyl sites for hydroxylation is 1. The number of likely N-dealkylation sites (tertiary alicyclic amines) is 1. The van der Waals surface area contributed by atoms with Crippen LogP contribution in [0.2, 0.25) is 0 Å². The Hall–Kier alpha value is -3.30. The first-order valence-electron chi connectivity index (χ1n) is 11.6. The van der Waals surface area contributed by atoms with Gasteiger partial charge < -0.3 is 15.5 Å². The molecular weight excluding hydrogens is 423 g/mol. The van der Waals surface area contributed by atoms with Crippen LogP contribution in [0.3, 0.4) is 0 Å². The van der Waals surface area contributed by atoms with Gasteiger partial charge >= 0.3 is 6.03 Å². The molecule has 0 radical (unpaired) electrons. The molecule has 3 aromatic rings. The Kier molecular flexibility index (Phi) is 5.82. The normalized spacial score (nSPS) is 23.1. The van der Waals surface area contributed by atoms with Gasteiger partial charge in [0, 0.05) is 38.4 Å². The van der Waals surface area contributed by atoms with E-state index in [2.05, 4.69) is 37.6 Å². The SMILES string of the molecule is C[C@@H]1CCN(C(=O)N[C@@H]2CCC[C@H](Nc3nc(-c4nn(C)c5ncccc45)ncc3F)C2)C1. The third kappa shape index (κ3) is 4.46. The standard InChI is InChI=1S/C23H29FN8O/c1-14-8-10-32(13-14)23(33)28-16-6-3-5-15(11-16)27-20-18(24)12-26-21(29-20)19-17-7-4-9-25-22(17)31(2)30-19/h4,7,9,12,14-16H,3,5-6,8,10-11,13H2,1-2H3,(H,28,33)(H,26,27,29)/t14-,15+,16-/m1/s1. The predicted octanol–water partition coefficient (Wildman–Crippen LogP) is 3.34. The van der Waals surface area contributed by atoms with Gasteiger partial charge in [-0.25, -0.2) is 28.8 Å². The maximum Gasteiger partial charge on any atom is 0.317 e. The summed E-state index contributed by atoms with van der Waals surface area (Å²) in [5, 5.41) is 11.7. The molecule has 9 nitrogen and oxygen atoms in total. The third-order valence-electron chi connectivity index (χ3n) is 6.61.